The molecule has 2 unspecified atom stereocenters. The topological polar surface area (TPSA) is 64.3 Å². The van der Waals surface area contributed by atoms with Crippen LogP contribution < -0.4 is 15.8 Å². The van der Waals surface area contributed by atoms with E-state index in [1.165, 1.54) is 0 Å². The van der Waals surface area contributed by atoms with Gasteiger partial charge >= 0.3 is 0 Å². The lowest BCUT2D eigenvalue weighted by Crippen LogP contribution is -2.44. The summed E-state index contributed by atoms with van der Waals surface area (Å²) in [6.45, 7) is 8.01. The second-order valence-corrected chi connectivity index (χ2v) is 4.73. The van der Waals surface area contributed by atoms with Crippen LogP contribution in [0.4, 0.5) is 0 Å². The minimum Gasteiger partial charge on any atom is -0.491 e. The third-order valence-corrected chi connectivity index (χ3v) is 2.69. The fraction of sp³-hybridized carbons (Fsp3) is 0.500. The van der Waals surface area contributed by atoms with Gasteiger partial charge in [0.2, 0.25) is 5.91 Å². The molecule has 18 heavy (non-hydrogen) atoms. The molecule has 0 aliphatic carbocycles. The smallest absolute Gasteiger partial charge is 0.236 e. The zero-order valence-electron chi connectivity index (χ0n) is 11.5. The number of rotatable bonds is 5. The van der Waals surface area contributed by atoms with E-state index in [1.54, 1.807) is 6.92 Å². The molecule has 4 heteroatoms. The summed E-state index contributed by atoms with van der Waals surface area (Å²) in [6, 6.07) is 5.45. The van der Waals surface area contributed by atoms with Gasteiger partial charge in [0.1, 0.15) is 12.4 Å². The van der Waals surface area contributed by atoms with Crippen molar-refractivity contribution in [2.75, 3.05) is 6.61 Å². The highest BCUT2D eigenvalue weighted by Crippen LogP contribution is 2.22. The molecule has 0 aromatic heterocycles. The van der Waals surface area contributed by atoms with Gasteiger partial charge in [-0.25, -0.2) is 0 Å². The molecule has 1 rings (SSSR count). The molecule has 0 saturated carbocycles. The van der Waals surface area contributed by atoms with E-state index in [4.69, 9.17) is 10.5 Å². The van der Waals surface area contributed by atoms with Crippen LogP contribution in [-0.4, -0.2) is 24.6 Å². The summed E-state index contributed by atoms with van der Waals surface area (Å²) < 4.78 is 5.75. The number of ether oxygens (including phenoxy) is 1. The SMILES string of the molecule is Cc1cccc(C)c1OCC(C)NC(=O)C(C)N. The first-order valence-electron chi connectivity index (χ1n) is 6.16. The number of carbonyl (C=O) groups is 1. The summed E-state index contributed by atoms with van der Waals surface area (Å²) >= 11 is 0. The standard InChI is InChI=1S/C14H22N2O2/c1-9-6-5-7-10(2)13(9)18-8-11(3)16-14(17)12(4)15/h5-7,11-12H,8,15H2,1-4H3,(H,16,17). The Labute approximate surface area is 109 Å². The van der Waals surface area contributed by atoms with E-state index in [2.05, 4.69) is 5.32 Å². The number of nitrogens with one attached hydrogen (secondary N) is 1. The fourth-order valence-electron chi connectivity index (χ4n) is 1.65. The lowest BCUT2D eigenvalue weighted by atomic mass is 10.1. The first-order valence-corrected chi connectivity index (χ1v) is 6.16. The van der Waals surface area contributed by atoms with E-state index < -0.39 is 6.04 Å². The molecule has 100 valence electrons. The summed E-state index contributed by atoms with van der Waals surface area (Å²) in [5, 5.41) is 2.80. The highest BCUT2D eigenvalue weighted by atomic mass is 16.5. The van der Waals surface area contributed by atoms with Gasteiger partial charge in [0.15, 0.2) is 0 Å². The molecule has 0 bridgehead atoms. The van der Waals surface area contributed by atoms with Gasteiger partial charge < -0.3 is 15.8 Å². The first kappa shape index (κ1) is 14.5. The number of hydrogen-bond acceptors (Lipinski definition) is 3. The Morgan fingerprint density at radius 1 is 1.33 bits per heavy atom. The molecule has 0 saturated heterocycles. The van der Waals surface area contributed by atoms with Crippen LogP contribution in [0.15, 0.2) is 18.2 Å². The zero-order chi connectivity index (χ0) is 13.7. The molecule has 0 fully saturated rings. The molecule has 0 radical (unpaired) electrons. The minimum absolute atomic E-state index is 0.0671. The van der Waals surface area contributed by atoms with E-state index in [-0.39, 0.29) is 11.9 Å². The van der Waals surface area contributed by atoms with Crippen LogP contribution in [0.3, 0.4) is 0 Å². The van der Waals surface area contributed by atoms with Crippen molar-refractivity contribution >= 4 is 5.91 Å². The normalized spacial score (nSPS) is 13.8. The van der Waals surface area contributed by atoms with Gasteiger partial charge in [-0.3, -0.25) is 4.79 Å². The largest absolute Gasteiger partial charge is 0.491 e. The van der Waals surface area contributed by atoms with Crippen LogP contribution >= 0.6 is 0 Å². The summed E-state index contributed by atoms with van der Waals surface area (Å²) in [6.07, 6.45) is 0. The van der Waals surface area contributed by atoms with Crippen LogP contribution in [0.2, 0.25) is 0 Å². The van der Waals surface area contributed by atoms with Gasteiger partial charge in [-0.1, -0.05) is 18.2 Å². The fourth-order valence-corrected chi connectivity index (χ4v) is 1.65. The van der Waals surface area contributed by atoms with Crippen molar-refractivity contribution in [1.82, 2.24) is 5.32 Å². The average molecular weight is 250 g/mol. The Hall–Kier alpha value is -1.55. The predicted molar refractivity (Wildman–Crippen MR) is 72.7 cm³/mol. The van der Waals surface area contributed by atoms with E-state index >= 15 is 0 Å². The maximum absolute atomic E-state index is 11.4. The second-order valence-electron chi connectivity index (χ2n) is 4.73. The van der Waals surface area contributed by atoms with Gasteiger partial charge in [0.25, 0.3) is 0 Å². The number of benzene rings is 1. The van der Waals surface area contributed by atoms with Gasteiger partial charge in [0, 0.05) is 0 Å². The van der Waals surface area contributed by atoms with E-state index in [0.717, 1.165) is 16.9 Å². The van der Waals surface area contributed by atoms with Crippen molar-refractivity contribution in [2.24, 2.45) is 5.73 Å². The van der Waals surface area contributed by atoms with Crippen molar-refractivity contribution in [3.63, 3.8) is 0 Å². The number of para-hydroxylation sites is 1. The monoisotopic (exact) mass is 250 g/mol. The van der Waals surface area contributed by atoms with E-state index in [0.29, 0.717) is 6.61 Å². The molecule has 1 aromatic rings. The highest BCUT2D eigenvalue weighted by Gasteiger charge is 2.12. The average Bonchev–Trinajstić information content (AvgIpc) is 2.28. The van der Waals surface area contributed by atoms with E-state index in [1.807, 2.05) is 39.0 Å². The van der Waals surface area contributed by atoms with E-state index in [9.17, 15) is 4.79 Å². The molecule has 2 atom stereocenters. The second kappa shape index (κ2) is 6.40. The van der Waals surface area contributed by atoms with Gasteiger partial charge in [0.05, 0.1) is 12.1 Å². The Morgan fingerprint density at radius 2 is 1.89 bits per heavy atom. The molecule has 1 amide bonds. The Bertz CT molecular complexity index is 396. The molecule has 3 N–H and O–H groups in total. The summed E-state index contributed by atoms with van der Waals surface area (Å²) in [5.41, 5.74) is 7.68. The van der Waals surface area contributed by atoms with Crippen LogP contribution in [0.25, 0.3) is 0 Å². The molecular weight excluding hydrogens is 228 g/mol. The predicted octanol–water partition coefficient (Wildman–Crippen LogP) is 1.53. The van der Waals surface area contributed by atoms with Crippen molar-refractivity contribution in [2.45, 2.75) is 39.8 Å². The number of aryl methyl sites for hydroxylation is 2. The van der Waals surface area contributed by atoms with Crippen LogP contribution in [0, 0.1) is 13.8 Å². The van der Waals surface area contributed by atoms with Crippen molar-refractivity contribution in [1.29, 1.82) is 0 Å². The van der Waals surface area contributed by atoms with Gasteiger partial charge in [-0.05, 0) is 38.8 Å². The minimum atomic E-state index is -0.493. The highest BCUT2D eigenvalue weighted by molar-refractivity contribution is 5.81. The van der Waals surface area contributed by atoms with Crippen LogP contribution in [0.1, 0.15) is 25.0 Å². The van der Waals surface area contributed by atoms with Crippen molar-refractivity contribution < 1.29 is 9.53 Å². The Balaban J connectivity index is 2.53. The maximum atomic E-state index is 11.4. The molecule has 1 aromatic carbocycles. The number of carbonyl (C=O) groups excluding carboxylic acids is 1. The maximum Gasteiger partial charge on any atom is 0.236 e. The molecular formula is C14H22N2O2. The van der Waals surface area contributed by atoms with Gasteiger partial charge in [-0.15, -0.1) is 0 Å². The molecule has 0 aliphatic rings. The zero-order valence-corrected chi connectivity index (χ0v) is 11.5. The Kier molecular flexibility index (Phi) is 5.16. The molecule has 0 aliphatic heterocycles. The molecule has 0 spiro atoms. The third-order valence-electron chi connectivity index (χ3n) is 2.69. The first-order chi connectivity index (χ1) is 8.41. The lowest BCUT2D eigenvalue weighted by molar-refractivity contribution is -0.122. The summed E-state index contributed by atoms with van der Waals surface area (Å²) in [4.78, 5) is 11.4. The van der Waals surface area contributed by atoms with Crippen molar-refractivity contribution in [3.8, 4) is 5.75 Å². The number of hydrogen-bond donors (Lipinski definition) is 2. The van der Waals surface area contributed by atoms with Crippen molar-refractivity contribution in [3.05, 3.63) is 29.3 Å². The Morgan fingerprint density at radius 3 is 2.39 bits per heavy atom. The van der Waals surface area contributed by atoms with Crippen LogP contribution in [0.5, 0.6) is 5.75 Å². The van der Waals surface area contributed by atoms with Crippen LogP contribution in [-0.2, 0) is 4.79 Å². The third kappa shape index (κ3) is 4.04. The summed E-state index contributed by atoms with van der Waals surface area (Å²) in [7, 11) is 0. The molecule has 4 nitrogen and oxygen atoms in total. The number of amides is 1. The quantitative estimate of drug-likeness (QED) is 0.833. The number of nitrogens with two attached hydrogens (primary N) is 1. The summed E-state index contributed by atoms with van der Waals surface area (Å²) in [5.74, 6) is 0.729. The molecule has 0 heterocycles. The van der Waals surface area contributed by atoms with Gasteiger partial charge in [-0.2, -0.15) is 0 Å². The lowest BCUT2D eigenvalue weighted by Gasteiger charge is -2.18.